The average Bonchev–Trinajstić information content (AvgIpc) is 3.80. The van der Waals surface area contributed by atoms with Gasteiger partial charge in [0.1, 0.15) is 18.7 Å². The maximum atomic E-state index is 12.0. The first-order chi connectivity index (χ1) is 37.6. The molecule has 5 N–H and O–H groups in total. The van der Waals surface area contributed by atoms with Crippen molar-refractivity contribution >= 4 is 28.7 Å². The number of benzene rings is 1. The smallest absolute Gasteiger partial charge is 0.137 e. The lowest BCUT2D eigenvalue weighted by atomic mass is 9.59. The lowest BCUT2D eigenvalue weighted by Gasteiger charge is -2.47. The molecule has 460 valence electrons. The highest BCUT2D eigenvalue weighted by atomic mass is 16.5. The minimum atomic E-state index is -0.281. The molecule has 11 nitrogen and oxygen atoms in total. The Morgan fingerprint density at radius 3 is 1.98 bits per heavy atom. The molecule has 0 radical (unpaired) electrons. The fourth-order valence-corrected chi connectivity index (χ4v) is 8.57. The van der Waals surface area contributed by atoms with Gasteiger partial charge in [-0.05, 0) is 105 Å². The van der Waals surface area contributed by atoms with Crippen molar-refractivity contribution in [1.29, 1.82) is 0 Å². The van der Waals surface area contributed by atoms with Crippen LogP contribution in [0.1, 0.15) is 235 Å². The van der Waals surface area contributed by atoms with Crippen LogP contribution in [0.4, 0.5) is 0 Å². The van der Waals surface area contributed by atoms with Crippen LogP contribution in [0.2, 0.25) is 0 Å². The highest BCUT2D eigenvalue weighted by molar-refractivity contribution is 5.88. The second-order valence-electron chi connectivity index (χ2n) is 23.5. The molecule has 80 heavy (non-hydrogen) atoms. The molecule has 0 saturated carbocycles. The topological polar surface area (TPSA) is 153 Å². The Balaban J connectivity index is -0.00000107. The predicted molar refractivity (Wildman–Crippen MR) is 345 cm³/mol. The third-order valence-electron chi connectivity index (χ3n) is 16.4. The van der Waals surface area contributed by atoms with E-state index in [1.54, 1.807) is 18.1 Å². The number of carbonyl (C=O) groups excluding carboxylic acids is 2. The maximum Gasteiger partial charge on any atom is 0.137 e. The molecule has 11 heteroatoms. The maximum absolute atomic E-state index is 12.0. The number of aliphatic hydroxyl groups is 1. The van der Waals surface area contributed by atoms with Gasteiger partial charge in [0.05, 0.1) is 67.8 Å². The number of Topliss-reactive ketones (excluding diaryl/α,β-unsaturated/α-hetero) is 1. The predicted octanol–water partition coefficient (Wildman–Crippen LogP) is 16.8. The zero-order valence-corrected chi connectivity index (χ0v) is 56.0. The molecule has 0 aliphatic carbocycles. The van der Waals surface area contributed by atoms with Crippen LogP contribution in [0.15, 0.2) is 71.7 Å². The number of para-hydroxylation sites is 1. The summed E-state index contributed by atoms with van der Waals surface area (Å²) in [5.41, 5.74) is 14.2. The van der Waals surface area contributed by atoms with E-state index in [0.29, 0.717) is 45.1 Å². The molecule has 1 aromatic heterocycles. The van der Waals surface area contributed by atoms with E-state index in [4.69, 9.17) is 37.2 Å². The summed E-state index contributed by atoms with van der Waals surface area (Å²) in [4.78, 5) is 29.5. The third kappa shape index (κ3) is 25.5. The Hall–Kier alpha value is -4.31. The number of ether oxygens (including phenoxy) is 3. The summed E-state index contributed by atoms with van der Waals surface area (Å²) in [5, 5.41) is 12.9. The van der Waals surface area contributed by atoms with E-state index in [9.17, 15) is 14.7 Å². The van der Waals surface area contributed by atoms with Crippen LogP contribution in [-0.4, -0.2) is 83.9 Å². The number of aromatic nitrogens is 1. The van der Waals surface area contributed by atoms with Gasteiger partial charge in [0, 0.05) is 52.6 Å². The van der Waals surface area contributed by atoms with E-state index >= 15 is 0 Å². The minimum absolute atomic E-state index is 0.0272. The summed E-state index contributed by atoms with van der Waals surface area (Å²) in [5.74, 6) is 8.52. The van der Waals surface area contributed by atoms with E-state index in [2.05, 4.69) is 133 Å². The van der Waals surface area contributed by atoms with Crippen LogP contribution in [0.3, 0.4) is 0 Å². The molecule has 0 bridgehead atoms. The minimum Gasteiger partial charge on any atom is -0.399 e. The Morgan fingerprint density at radius 1 is 0.875 bits per heavy atom. The van der Waals surface area contributed by atoms with Crippen molar-refractivity contribution in [3.63, 3.8) is 0 Å². The third-order valence-corrected chi connectivity index (χ3v) is 16.4. The van der Waals surface area contributed by atoms with Gasteiger partial charge in [0.25, 0.3) is 0 Å². The van der Waals surface area contributed by atoms with Crippen molar-refractivity contribution in [2.24, 2.45) is 44.6 Å². The van der Waals surface area contributed by atoms with E-state index in [1.165, 1.54) is 11.1 Å². The Labute approximate surface area is 492 Å². The number of nitrogens with two attached hydrogens (primary N) is 2. The number of aliphatic hydroxyl groups excluding tert-OH is 1. The number of unbranched alkanes of at least 4 members (excludes halogenated alkanes) is 3. The van der Waals surface area contributed by atoms with Gasteiger partial charge in [0.15, 0.2) is 0 Å². The molecule has 4 rings (SSSR count). The number of fused-ring (bicyclic) bond motifs is 4. The van der Waals surface area contributed by atoms with Gasteiger partial charge in [-0.15, -0.1) is 6.42 Å². The monoisotopic (exact) mass is 1120 g/mol. The van der Waals surface area contributed by atoms with Gasteiger partial charge < -0.3 is 39.8 Å². The van der Waals surface area contributed by atoms with Crippen molar-refractivity contribution in [2.75, 3.05) is 46.2 Å². The zero-order valence-electron chi connectivity index (χ0n) is 56.0. The molecular formula is C69H123N5O6. The highest BCUT2D eigenvalue weighted by Crippen LogP contribution is 2.50. The molecule has 3 atom stereocenters. The standard InChI is InChI=1S/C23H47N3O3.C22H22N2O.C16H30O2.4C2H6/c1-7-21(3,4)22(5,6)17-23(8-2,18-28)19-29-16-20(24)15-26(25)13-11-9-10-12-14-27;1-5-18-14(3)24-12-17-10-16-8-6-7-9-20(16)23-22(17)21(24)11-19(18)13(2)15(4)25;1-9-11-17-12-16(8,10-2)13-18-15(6,7)14(3,4)5;4*1-2/h14-15,28H,7-13,16-19,24-25H2,1-6H3;6-11,13H,3,5,12H2,1-2,4H3;1H,10-13H2,2-8H3;4*1-2H3/b20-15-;;;;;;. The van der Waals surface area contributed by atoms with Gasteiger partial charge in [-0.1, -0.05) is 189 Å². The summed E-state index contributed by atoms with van der Waals surface area (Å²) in [6.07, 6.45) is 18.1. The molecule has 0 fully saturated rings. The normalized spacial score (nSPS) is 14.9. The number of aldehydes is 1. The van der Waals surface area contributed by atoms with Crippen molar-refractivity contribution in [1.82, 2.24) is 14.9 Å². The quantitative estimate of drug-likeness (QED) is 0.0258. The largest absolute Gasteiger partial charge is 0.399 e. The van der Waals surface area contributed by atoms with Gasteiger partial charge in [-0.25, -0.2) is 10.8 Å². The van der Waals surface area contributed by atoms with Gasteiger partial charge in [-0.2, -0.15) is 0 Å². The van der Waals surface area contributed by atoms with Crippen molar-refractivity contribution in [2.45, 2.75) is 236 Å². The molecule has 3 heterocycles. The number of carbonyl (C=O) groups is 2. The first-order valence-electron chi connectivity index (χ1n) is 30.6. The van der Waals surface area contributed by atoms with Crippen LogP contribution in [0.5, 0.6) is 0 Å². The molecule has 0 saturated heterocycles. The summed E-state index contributed by atoms with van der Waals surface area (Å²) in [7, 11) is 0. The SMILES string of the molecule is C#CCOCC(C)(CC)COC(C)(C)C(C)(C)C.C=C1C(CC)=C(C(C)C(C)=O)C=C2c3nc4ccccc4cc3CN12.CC.CC.CC.CC.CCC(CO)(COC/C(N)=C/N(N)CCCCCC=O)CC(C)(C)C(C)(C)CC. The van der Waals surface area contributed by atoms with Crippen LogP contribution in [0.25, 0.3) is 16.6 Å². The Bertz CT molecular complexity index is 2200. The molecule has 2 aliphatic rings. The molecular weight excluding hydrogens is 995 g/mol. The molecule has 2 aliphatic heterocycles. The molecule has 2 aromatic rings. The Morgan fingerprint density at radius 2 is 1.48 bits per heavy atom. The van der Waals surface area contributed by atoms with Crippen LogP contribution in [-0.2, 0) is 30.3 Å². The average molecular weight is 1120 g/mol. The van der Waals surface area contributed by atoms with Crippen LogP contribution in [0, 0.1) is 45.3 Å². The second-order valence-corrected chi connectivity index (χ2v) is 23.5. The number of hydrazine groups is 1. The molecule has 0 spiro atoms. The van der Waals surface area contributed by atoms with E-state index in [1.807, 2.05) is 80.5 Å². The zero-order chi connectivity index (χ0) is 62.7. The first kappa shape index (κ1) is 79.9. The van der Waals surface area contributed by atoms with Crippen molar-refractivity contribution in [3.8, 4) is 12.3 Å². The summed E-state index contributed by atoms with van der Waals surface area (Å²) in [6.45, 7) is 58.9. The van der Waals surface area contributed by atoms with Crippen LogP contribution >= 0.6 is 0 Å². The number of hydrogen-bond acceptors (Lipinski definition) is 11. The van der Waals surface area contributed by atoms with Crippen LogP contribution < -0.4 is 11.6 Å². The summed E-state index contributed by atoms with van der Waals surface area (Å²) in [6, 6.07) is 10.4. The van der Waals surface area contributed by atoms with Gasteiger partial charge in [0.2, 0.25) is 0 Å². The molecule has 1 aromatic carbocycles. The van der Waals surface area contributed by atoms with E-state index in [0.717, 1.165) is 97.8 Å². The Kier molecular flexibility index (Phi) is 40.0. The van der Waals surface area contributed by atoms with Crippen molar-refractivity contribution in [3.05, 3.63) is 83.0 Å². The highest BCUT2D eigenvalue weighted by Gasteiger charge is 2.43. The fraction of sp³-hybridized carbons (Fsp3) is 0.696. The number of ketones is 1. The number of allylic oxidation sites excluding steroid dienone is 3. The molecule has 3 unspecified atom stereocenters. The van der Waals surface area contributed by atoms with E-state index in [-0.39, 0.29) is 57.6 Å². The first-order valence-corrected chi connectivity index (χ1v) is 30.6. The second kappa shape index (κ2) is 40.0. The number of terminal acetylenes is 1. The lowest BCUT2D eigenvalue weighted by molar-refractivity contribution is -0.128. The van der Waals surface area contributed by atoms with E-state index < -0.39 is 0 Å². The fourth-order valence-electron chi connectivity index (χ4n) is 8.57. The summed E-state index contributed by atoms with van der Waals surface area (Å²) < 4.78 is 17.5. The summed E-state index contributed by atoms with van der Waals surface area (Å²) >= 11 is 0. The van der Waals surface area contributed by atoms with Gasteiger partial charge >= 0.3 is 0 Å². The number of nitrogens with zero attached hydrogens (tertiary/aromatic N) is 3. The number of hydrogen-bond donors (Lipinski definition) is 3. The van der Waals surface area contributed by atoms with Crippen molar-refractivity contribution < 1.29 is 28.9 Å². The number of rotatable bonds is 27. The number of pyridine rings is 1. The lowest BCUT2D eigenvalue weighted by Crippen LogP contribution is -2.43. The van der Waals surface area contributed by atoms with Gasteiger partial charge in [-0.3, -0.25) is 4.79 Å². The molecule has 0 amide bonds.